The summed E-state index contributed by atoms with van der Waals surface area (Å²) in [5.74, 6) is 0.348. The van der Waals surface area contributed by atoms with Crippen molar-refractivity contribution in [3.63, 3.8) is 0 Å². The lowest BCUT2D eigenvalue weighted by Gasteiger charge is -2.25. The second kappa shape index (κ2) is 9.40. The Morgan fingerprint density at radius 2 is 1.79 bits per heavy atom. The highest BCUT2D eigenvalue weighted by atomic mass is 16.5. The van der Waals surface area contributed by atoms with E-state index in [1.165, 1.54) is 0 Å². The van der Waals surface area contributed by atoms with Gasteiger partial charge < -0.3 is 15.0 Å². The summed E-state index contributed by atoms with van der Waals surface area (Å²) in [6, 6.07) is 16.8. The number of carbonyl (C=O) groups is 2. The van der Waals surface area contributed by atoms with Crippen LogP contribution in [0.4, 0.5) is 0 Å². The number of rotatable bonds is 7. The van der Waals surface area contributed by atoms with E-state index in [9.17, 15) is 9.59 Å². The Labute approximate surface area is 166 Å². The molecule has 2 aromatic rings. The number of carbonyl (C=O) groups excluding carboxylic acids is 2. The Hall–Kier alpha value is -2.82. The van der Waals surface area contributed by atoms with Crippen molar-refractivity contribution in [3.8, 4) is 5.75 Å². The maximum Gasteiger partial charge on any atom is 0.261 e. The molecule has 1 N–H and O–H groups in total. The normalized spacial score (nSPS) is 15.7. The van der Waals surface area contributed by atoms with E-state index in [4.69, 9.17) is 4.74 Å². The quantitative estimate of drug-likeness (QED) is 0.803. The summed E-state index contributed by atoms with van der Waals surface area (Å²) in [6.45, 7) is 5.20. The number of aryl methyl sites for hydroxylation is 1. The van der Waals surface area contributed by atoms with Crippen LogP contribution in [0.25, 0.3) is 0 Å². The lowest BCUT2D eigenvalue weighted by molar-refractivity contribution is -0.137. The summed E-state index contributed by atoms with van der Waals surface area (Å²) in [5, 5.41) is 2.92. The molecule has 1 aliphatic heterocycles. The van der Waals surface area contributed by atoms with Gasteiger partial charge in [0, 0.05) is 19.5 Å². The van der Waals surface area contributed by atoms with Gasteiger partial charge in [-0.3, -0.25) is 9.59 Å². The van der Waals surface area contributed by atoms with E-state index in [-0.39, 0.29) is 11.8 Å². The Morgan fingerprint density at radius 3 is 2.46 bits per heavy atom. The van der Waals surface area contributed by atoms with Gasteiger partial charge in [0.15, 0.2) is 6.10 Å². The van der Waals surface area contributed by atoms with Gasteiger partial charge >= 0.3 is 0 Å². The van der Waals surface area contributed by atoms with Gasteiger partial charge in [-0.2, -0.15) is 0 Å². The molecule has 2 aromatic carbocycles. The van der Waals surface area contributed by atoms with Gasteiger partial charge in [-0.05, 0) is 49.9 Å². The Balaban J connectivity index is 1.68. The molecule has 5 heteroatoms. The molecule has 1 fully saturated rings. The maximum absolute atomic E-state index is 13.0. The van der Waals surface area contributed by atoms with Crippen LogP contribution >= 0.6 is 0 Å². The number of ether oxygens (including phenoxy) is 1. The summed E-state index contributed by atoms with van der Waals surface area (Å²) in [7, 11) is 0. The first kappa shape index (κ1) is 19.9. The molecule has 148 valence electrons. The number of hydrogen-bond donors (Lipinski definition) is 1. The number of nitrogens with one attached hydrogen (secondary N) is 1. The molecule has 3 rings (SSSR count). The van der Waals surface area contributed by atoms with Crippen LogP contribution < -0.4 is 10.1 Å². The third-order valence-electron chi connectivity index (χ3n) is 4.99. The van der Waals surface area contributed by atoms with Gasteiger partial charge in [0.05, 0.1) is 0 Å². The van der Waals surface area contributed by atoms with E-state index in [0.717, 1.165) is 37.1 Å². The first-order chi connectivity index (χ1) is 13.5. The number of likely N-dealkylation sites (tertiary alicyclic amines) is 1. The number of hydrogen-bond acceptors (Lipinski definition) is 3. The second-order valence-electron chi connectivity index (χ2n) is 7.36. The molecule has 0 spiro atoms. The molecule has 2 unspecified atom stereocenters. The summed E-state index contributed by atoms with van der Waals surface area (Å²) >= 11 is 0. The average molecular weight is 380 g/mol. The van der Waals surface area contributed by atoms with Gasteiger partial charge in [-0.1, -0.05) is 42.5 Å². The molecule has 1 aliphatic rings. The third kappa shape index (κ3) is 5.35. The Morgan fingerprint density at radius 1 is 1.07 bits per heavy atom. The monoisotopic (exact) mass is 380 g/mol. The van der Waals surface area contributed by atoms with Crippen molar-refractivity contribution in [2.75, 3.05) is 13.1 Å². The van der Waals surface area contributed by atoms with E-state index >= 15 is 0 Å². The van der Waals surface area contributed by atoms with Gasteiger partial charge in [0.1, 0.15) is 11.8 Å². The van der Waals surface area contributed by atoms with E-state index in [0.29, 0.717) is 12.2 Å². The topological polar surface area (TPSA) is 58.6 Å². The molecular formula is C23H28N2O3. The van der Waals surface area contributed by atoms with Crippen molar-refractivity contribution >= 4 is 11.8 Å². The van der Waals surface area contributed by atoms with Gasteiger partial charge in [-0.25, -0.2) is 0 Å². The summed E-state index contributed by atoms with van der Waals surface area (Å²) in [4.78, 5) is 27.6. The molecule has 2 amide bonds. The van der Waals surface area contributed by atoms with Crippen molar-refractivity contribution < 1.29 is 14.3 Å². The van der Waals surface area contributed by atoms with Crippen LogP contribution in [0.2, 0.25) is 0 Å². The van der Waals surface area contributed by atoms with Crippen LogP contribution in [-0.2, 0) is 16.0 Å². The Bertz CT molecular complexity index is 801. The minimum Gasteiger partial charge on any atom is -0.481 e. The molecular weight excluding hydrogens is 352 g/mol. The van der Waals surface area contributed by atoms with E-state index in [2.05, 4.69) is 5.32 Å². The fourth-order valence-corrected chi connectivity index (χ4v) is 3.44. The van der Waals surface area contributed by atoms with Crippen molar-refractivity contribution in [1.29, 1.82) is 0 Å². The molecule has 28 heavy (non-hydrogen) atoms. The highest BCUT2D eigenvalue weighted by molar-refractivity contribution is 5.89. The average Bonchev–Trinajstić information content (AvgIpc) is 3.22. The summed E-state index contributed by atoms with van der Waals surface area (Å²) in [5.41, 5.74) is 2.09. The molecule has 5 nitrogen and oxygen atoms in total. The number of nitrogens with zero attached hydrogens (tertiary/aromatic N) is 1. The van der Waals surface area contributed by atoms with Crippen LogP contribution in [0.1, 0.15) is 30.9 Å². The molecule has 0 saturated carbocycles. The van der Waals surface area contributed by atoms with Crippen LogP contribution in [0.15, 0.2) is 54.6 Å². The predicted octanol–water partition coefficient (Wildman–Crippen LogP) is 3.11. The first-order valence-corrected chi connectivity index (χ1v) is 9.89. The van der Waals surface area contributed by atoms with Crippen LogP contribution in [0, 0.1) is 6.92 Å². The van der Waals surface area contributed by atoms with E-state index in [1.807, 2.05) is 66.4 Å². The zero-order valence-corrected chi connectivity index (χ0v) is 16.6. The van der Waals surface area contributed by atoms with Gasteiger partial charge in [0.25, 0.3) is 5.91 Å². The SMILES string of the molecule is Cc1cccc(OC(C)C(=O)NC(Cc2ccccc2)C(=O)N2CCCC2)c1. The van der Waals surface area contributed by atoms with Crippen LogP contribution in [0.3, 0.4) is 0 Å². The number of benzene rings is 2. The maximum atomic E-state index is 13.0. The molecule has 0 aromatic heterocycles. The Kier molecular flexibility index (Phi) is 6.69. The largest absolute Gasteiger partial charge is 0.481 e. The van der Waals surface area contributed by atoms with E-state index in [1.54, 1.807) is 6.92 Å². The smallest absolute Gasteiger partial charge is 0.261 e. The zero-order valence-electron chi connectivity index (χ0n) is 16.6. The van der Waals surface area contributed by atoms with Gasteiger partial charge in [0.2, 0.25) is 5.91 Å². The second-order valence-corrected chi connectivity index (χ2v) is 7.36. The molecule has 0 aliphatic carbocycles. The standard InChI is InChI=1S/C23H28N2O3/c1-17-9-8-12-20(15-17)28-18(2)22(26)24-21(16-19-10-4-3-5-11-19)23(27)25-13-6-7-14-25/h3-5,8-12,15,18,21H,6-7,13-14,16H2,1-2H3,(H,24,26). The van der Waals surface area contributed by atoms with Crippen LogP contribution in [-0.4, -0.2) is 41.9 Å². The number of amides is 2. The molecule has 1 heterocycles. The van der Waals surface area contributed by atoms with Crippen LogP contribution in [0.5, 0.6) is 5.75 Å². The molecule has 0 bridgehead atoms. The zero-order chi connectivity index (χ0) is 19.9. The molecule has 2 atom stereocenters. The van der Waals surface area contributed by atoms with Crippen molar-refractivity contribution in [2.45, 2.75) is 45.3 Å². The summed E-state index contributed by atoms with van der Waals surface area (Å²) < 4.78 is 5.78. The lowest BCUT2D eigenvalue weighted by atomic mass is 10.0. The predicted molar refractivity (Wildman–Crippen MR) is 109 cm³/mol. The van der Waals surface area contributed by atoms with Gasteiger partial charge in [-0.15, -0.1) is 0 Å². The van der Waals surface area contributed by atoms with E-state index < -0.39 is 12.1 Å². The summed E-state index contributed by atoms with van der Waals surface area (Å²) in [6.07, 6.45) is 1.82. The van der Waals surface area contributed by atoms with Crippen molar-refractivity contribution in [3.05, 3.63) is 65.7 Å². The third-order valence-corrected chi connectivity index (χ3v) is 4.99. The van der Waals surface area contributed by atoms with Crippen molar-refractivity contribution in [1.82, 2.24) is 10.2 Å². The minimum absolute atomic E-state index is 0.0162. The fraction of sp³-hybridized carbons (Fsp3) is 0.391. The molecule has 1 saturated heterocycles. The fourth-order valence-electron chi connectivity index (χ4n) is 3.44. The van der Waals surface area contributed by atoms with Crippen molar-refractivity contribution in [2.24, 2.45) is 0 Å². The lowest BCUT2D eigenvalue weighted by Crippen LogP contribution is -2.51. The highest BCUT2D eigenvalue weighted by Crippen LogP contribution is 2.15. The minimum atomic E-state index is -0.688. The molecule has 0 radical (unpaired) electrons. The highest BCUT2D eigenvalue weighted by Gasteiger charge is 2.29. The first-order valence-electron chi connectivity index (χ1n) is 9.89.